The van der Waals surface area contributed by atoms with Gasteiger partial charge in [-0.05, 0) is 59.1 Å². The van der Waals surface area contributed by atoms with E-state index in [0.717, 1.165) is 18.4 Å². The lowest BCUT2D eigenvalue weighted by Crippen LogP contribution is -2.62. The minimum absolute atomic E-state index is 0.00493. The van der Waals surface area contributed by atoms with E-state index in [0.29, 0.717) is 46.6 Å². The van der Waals surface area contributed by atoms with Gasteiger partial charge in [-0.15, -0.1) is 0 Å². The van der Waals surface area contributed by atoms with Crippen LogP contribution in [0.3, 0.4) is 0 Å². The Hall–Kier alpha value is -2.09. The van der Waals surface area contributed by atoms with Gasteiger partial charge in [0.1, 0.15) is 18.1 Å². The summed E-state index contributed by atoms with van der Waals surface area (Å²) in [4.78, 5) is 26.8. The van der Waals surface area contributed by atoms with Gasteiger partial charge in [0, 0.05) is 29.1 Å². The number of carbonyl (C=O) groups excluding carboxylic acids is 1. The molecule has 1 aromatic heterocycles. The van der Waals surface area contributed by atoms with Gasteiger partial charge in [-0.25, -0.2) is 4.79 Å². The van der Waals surface area contributed by atoms with Crippen LogP contribution in [0.2, 0.25) is 5.02 Å². The Kier molecular flexibility index (Phi) is 5.80. The first-order valence-electron chi connectivity index (χ1n) is 10.9. The van der Waals surface area contributed by atoms with Gasteiger partial charge in [-0.2, -0.15) is 0 Å². The van der Waals surface area contributed by atoms with Crippen molar-refractivity contribution in [2.24, 2.45) is 0 Å². The molecule has 2 aliphatic rings. The lowest BCUT2D eigenvalue weighted by molar-refractivity contribution is -0.139. The van der Waals surface area contributed by atoms with Crippen molar-refractivity contribution in [3.05, 3.63) is 38.2 Å². The molecular formula is C24H31ClN2O5. The molecule has 0 saturated carbocycles. The van der Waals surface area contributed by atoms with Crippen molar-refractivity contribution in [1.29, 1.82) is 0 Å². The third kappa shape index (κ3) is 4.26. The van der Waals surface area contributed by atoms with E-state index in [9.17, 15) is 9.59 Å². The molecule has 2 aliphatic heterocycles. The van der Waals surface area contributed by atoms with Crippen LogP contribution in [-0.4, -0.2) is 41.8 Å². The predicted octanol–water partition coefficient (Wildman–Crippen LogP) is 3.93. The molecule has 174 valence electrons. The maximum absolute atomic E-state index is 12.8. The van der Waals surface area contributed by atoms with E-state index in [2.05, 4.69) is 37.9 Å². The number of ether oxygens (including phenoxy) is 2. The highest BCUT2D eigenvalue weighted by Crippen LogP contribution is 2.42. The van der Waals surface area contributed by atoms with Crippen LogP contribution in [0.4, 0.5) is 0 Å². The average molecular weight is 463 g/mol. The molecule has 8 heteroatoms. The Labute approximate surface area is 193 Å². The van der Waals surface area contributed by atoms with Crippen molar-refractivity contribution in [3.63, 3.8) is 0 Å². The maximum Gasteiger partial charge on any atom is 0.340 e. The maximum atomic E-state index is 12.8. The first kappa shape index (κ1) is 23.1. The highest BCUT2D eigenvalue weighted by molar-refractivity contribution is 6.33. The van der Waals surface area contributed by atoms with Crippen molar-refractivity contribution in [1.82, 2.24) is 10.2 Å². The molecule has 32 heavy (non-hydrogen) atoms. The molecule has 4 rings (SSSR count). The van der Waals surface area contributed by atoms with Gasteiger partial charge < -0.3 is 19.2 Å². The van der Waals surface area contributed by atoms with Gasteiger partial charge in [0.15, 0.2) is 0 Å². The minimum Gasteiger partial charge on any atom is -0.476 e. The number of carbonyl (C=O) groups is 1. The molecule has 0 radical (unpaired) electrons. The number of nitrogens with one attached hydrogen (secondary N) is 1. The number of hydrogen-bond donors (Lipinski definition) is 1. The fourth-order valence-electron chi connectivity index (χ4n) is 5.41. The van der Waals surface area contributed by atoms with E-state index < -0.39 is 11.6 Å². The Bertz CT molecular complexity index is 1120. The second kappa shape index (κ2) is 8.04. The van der Waals surface area contributed by atoms with E-state index in [1.54, 1.807) is 13.0 Å². The summed E-state index contributed by atoms with van der Waals surface area (Å²) < 4.78 is 16.6. The number of fused-ring (bicyclic) bond motifs is 3. The molecule has 0 aliphatic carbocycles. The predicted molar refractivity (Wildman–Crippen MR) is 123 cm³/mol. The number of benzene rings is 1. The monoisotopic (exact) mass is 462 g/mol. The molecule has 0 bridgehead atoms. The Morgan fingerprint density at radius 3 is 2.56 bits per heavy atom. The minimum atomic E-state index is -0.536. The summed E-state index contributed by atoms with van der Waals surface area (Å²) in [6, 6.07) is 2.05. The summed E-state index contributed by atoms with van der Waals surface area (Å²) in [6.07, 6.45) is 1.80. The van der Waals surface area contributed by atoms with Crippen LogP contribution in [0.25, 0.3) is 11.0 Å². The van der Waals surface area contributed by atoms with Crippen LogP contribution in [0.5, 0.6) is 5.75 Å². The molecule has 7 nitrogen and oxygen atoms in total. The fourth-order valence-corrected chi connectivity index (χ4v) is 5.69. The standard InChI is InChI=1S/C24H31ClN2O5/c1-13-15-7-18(25)21-17(20(15)32-22(29)16(13)8-19(28)30-6)11-27(12-31-21)14-9-23(2,3)26-24(4,5)10-14/h7,14,26H,8-12H2,1-6H3. The Morgan fingerprint density at radius 2 is 1.94 bits per heavy atom. The molecule has 1 N–H and O–H groups in total. The molecule has 0 unspecified atom stereocenters. The van der Waals surface area contributed by atoms with Crippen LogP contribution < -0.4 is 15.7 Å². The lowest BCUT2D eigenvalue weighted by atomic mass is 9.79. The summed E-state index contributed by atoms with van der Waals surface area (Å²) >= 11 is 6.58. The largest absolute Gasteiger partial charge is 0.476 e. The SMILES string of the molecule is COC(=O)Cc1c(C)c2cc(Cl)c3c(c2oc1=O)CN(C1CC(C)(C)NC(C)(C)C1)CO3. The lowest BCUT2D eigenvalue weighted by Gasteiger charge is -2.50. The van der Waals surface area contributed by atoms with E-state index >= 15 is 0 Å². The molecule has 1 fully saturated rings. The van der Waals surface area contributed by atoms with Crippen LogP contribution in [0.1, 0.15) is 57.2 Å². The van der Waals surface area contributed by atoms with Gasteiger partial charge in [0.2, 0.25) is 0 Å². The number of piperidine rings is 1. The second-order valence-corrected chi connectivity index (χ2v) is 10.7. The van der Waals surface area contributed by atoms with Crippen LogP contribution in [0, 0.1) is 6.92 Å². The first-order valence-corrected chi connectivity index (χ1v) is 11.3. The zero-order valence-electron chi connectivity index (χ0n) is 19.6. The second-order valence-electron chi connectivity index (χ2n) is 10.3. The van der Waals surface area contributed by atoms with Crippen LogP contribution in [0.15, 0.2) is 15.3 Å². The smallest absolute Gasteiger partial charge is 0.340 e. The third-order valence-electron chi connectivity index (χ3n) is 6.55. The summed E-state index contributed by atoms with van der Waals surface area (Å²) in [6.45, 7) is 11.7. The number of methoxy groups -OCH3 is 1. The average Bonchev–Trinajstić information content (AvgIpc) is 2.69. The van der Waals surface area contributed by atoms with Crippen molar-refractivity contribution in [2.75, 3.05) is 13.8 Å². The molecule has 1 saturated heterocycles. The van der Waals surface area contributed by atoms with E-state index in [4.69, 9.17) is 25.5 Å². The summed E-state index contributed by atoms with van der Waals surface area (Å²) in [5.41, 5.74) is 1.66. The number of esters is 1. The highest BCUT2D eigenvalue weighted by Gasteiger charge is 2.41. The number of rotatable bonds is 3. The zero-order valence-corrected chi connectivity index (χ0v) is 20.3. The molecule has 0 spiro atoms. The van der Waals surface area contributed by atoms with Crippen molar-refractivity contribution < 1.29 is 18.7 Å². The highest BCUT2D eigenvalue weighted by atomic mass is 35.5. The molecule has 3 heterocycles. The number of hydrogen-bond acceptors (Lipinski definition) is 7. The molecule has 0 atom stereocenters. The fraction of sp³-hybridized carbons (Fsp3) is 0.583. The van der Waals surface area contributed by atoms with Gasteiger partial charge in [0.25, 0.3) is 0 Å². The van der Waals surface area contributed by atoms with E-state index in [-0.39, 0.29) is 23.1 Å². The van der Waals surface area contributed by atoms with E-state index in [1.165, 1.54) is 7.11 Å². The van der Waals surface area contributed by atoms with Crippen molar-refractivity contribution in [3.8, 4) is 5.75 Å². The van der Waals surface area contributed by atoms with Crippen LogP contribution in [-0.2, 0) is 22.5 Å². The van der Waals surface area contributed by atoms with Crippen LogP contribution >= 0.6 is 11.6 Å². The van der Waals surface area contributed by atoms with Gasteiger partial charge in [0.05, 0.1) is 29.7 Å². The number of nitrogens with zero attached hydrogens (tertiary/aromatic N) is 1. The molecule has 1 aromatic carbocycles. The number of halogens is 1. The number of aryl methyl sites for hydroxylation is 1. The quantitative estimate of drug-likeness (QED) is 0.546. The summed E-state index contributed by atoms with van der Waals surface area (Å²) in [5.74, 6) is 0.0700. The molecule has 0 amide bonds. The first-order chi connectivity index (χ1) is 14.9. The Morgan fingerprint density at radius 1 is 1.28 bits per heavy atom. The van der Waals surface area contributed by atoms with Crippen molar-refractivity contribution in [2.45, 2.75) is 77.5 Å². The topological polar surface area (TPSA) is 81.0 Å². The summed E-state index contributed by atoms with van der Waals surface area (Å²) in [5, 5.41) is 4.90. The molecular weight excluding hydrogens is 432 g/mol. The zero-order chi connectivity index (χ0) is 23.4. The summed E-state index contributed by atoms with van der Waals surface area (Å²) in [7, 11) is 1.29. The Balaban J connectivity index is 1.76. The molecule has 2 aromatic rings. The van der Waals surface area contributed by atoms with Gasteiger partial charge >= 0.3 is 11.6 Å². The normalized spacial score (nSPS) is 20.6. The van der Waals surface area contributed by atoms with Gasteiger partial charge in [-0.1, -0.05) is 11.6 Å². The van der Waals surface area contributed by atoms with E-state index in [1.807, 2.05) is 0 Å². The third-order valence-corrected chi connectivity index (χ3v) is 6.83. The van der Waals surface area contributed by atoms with Gasteiger partial charge in [-0.3, -0.25) is 9.69 Å². The van der Waals surface area contributed by atoms with Crippen molar-refractivity contribution >= 4 is 28.5 Å².